The Morgan fingerprint density at radius 2 is 1.90 bits per heavy atom. The second-order valence-corrected chi connectivity index (χ2v) is 7.61. The predicted octanol–water partition coefficient (Wildman–Crippen LogP) is 2.72. The molecule has 30 heavy (non-hydrogen) atoms. The van der Waals surface area contributed by atoms with Gasteiger partial charge in [0.05, 0.1) is 11.8 Å². The molecule has 0 unspecified atom stereocenters. The van der Waals surface area contributed by atoms with Gasteiger partial charge in [-0.3, -0.25) is 18.8 Å². The molecular weight excluding hydrogens is 454 g/mol. The fourth-order valence-corrected chi connectivity index (χ4v) is 2.95. The number of hydrogen-bond acceptors (Lipinski definition) is 6. The smallest absolute Gasteiger partial charge is 0.325 e. The Bertz CT molecular complexity index is 1130. The summed E-state index contributed by atoms with van der Waals surface area (Å²) in [6.07, 6.45) is 1.65. The maximum atomic E-state index is 12.2. The Labute approximate surface area is 181 Å². The summed E-state index contributed by atoms with van der Waals surface area (Å²) in [4.78, 5) is 40.5. The highest BCUT2D eigenvalue weighted by Crippen LogP contribution is 2.14. The third-order valence-corrected chi connectivity index (χ3v) is 4.41. The first-order valence-corrected chi connectivity index (χ1v) is 9.99. The number of rotatable bonds is 7. The monoisotopic (exact) mass is 473 g/mol. The minimum Gasteiger partial charge on any atom is -0.491 e. The van der Waals surface area contributed by atoms with Crippen molar-refractivity contribution in [3.05, 3.63) is 74.7 Å². The lowest BCUT2D eigenvalue weighted by molar-refractivity contribution is -0.143. The van der Waals surface area contributed by atoms with E-state index in [9.17, 15) is 14.4 Å². The van der Waals surface area contributed by atoms with Gasteiger partial charge in [-0.1, -0.05) is 0 Å². The number of amides is 1. The SMILES string of the molecule is CC(C)Oc1ccc(C(=O)NCC(=O)OCc2cc(=O)n3cc(Br)ccc3n2)cc1. The van der Waals surface area contributed by atoms with Crippen LogP contribution in [0.15, 0.2) is 57.9 Å². The van der Waals surface area contributed by atoms with Gasteiger partial charge in [0.2, 0.25) is 0 Å². The van der Waals surface area contributed by atoms with E-state index in [0.29, 0.717) is 22.7 Å². The first-order valence-electron chi connectivity index (χ1n) is 9.20. The lowest BCUT2D eigenvalue weighted by Crippen LogP contribution is -2.30. The number of fused-ring (bicyclic) bond motifs is 1. The third kappa shape index (κ3) is 5.66. The molecule has 1 aromatic carbocycles. The van der Waals surface area contributed by atoms with Crippen molar-refractivity contribution in [1.82, 2.24) is 14.7 Å². The van der Waals surface area contributed by atoms with Gasteiger partial charge < -0.3 is 14.8 Å². The fourth-order valence-electron chi connectivity index (χ4n) is 2.62. The third-order valence-electron chi connectivity index (χ3n) is 3.94. The molecule has 0 aliphatic heterocycles. The number of nitrogens with zero attached hydrogens (tertiary/aromatic N) is 2. The number of nitrogens with one attached hydrogen (secondary N) is 1. The van der Waals surface area contributed by atoms with Crippen LogP contribution in [-0.2, 0) is 16.1 Å². The number of aromatic nitrogens is 2. The number of esters is 1. The van der Waals surface area contributed by atoms with Crippen molar-refractivity contribution in [2.24, 2.45) is 0 Å². The molecule has 2 aromatic heterocycles. The van der Waals surface area contributed by atoms with Crippen molar-refractivity contribution in [2.45, 2.75) is 26.6 Å². The van der Waals surface area contributed by atoms with Crippen LogP contribution in [0.25, 0.3) is 5.65 Å². The van der Waals surface area contributed by atoms with Crippen molar-refractivity contribution < 1.29 is 19.1 Å². The van der Waals surface area contributed by atoms with Crippen LogP contribution >= 0.6 is 15.9 Å². The van der Waals surface area contributed by atoms with Crippen molar-refractivity contribution in [1.29, 1.82) is 0 Å². The summed E-state index contributed by atoms with van der Waals surface area (Å²) in [5, 5.41) is 2.50. The molecule has 0 bridgehead atoms. The molecule has 1 amide bonds. The van der Waals surface area contributed by atoms with Crippen molar-refractivity contribution in [2.75, 3.05) is 6.54 Å². The highest BCUT2D eigenvalue weighted by atomic mass is 79.9. The zero-order chi connectivity index (χ0) is 21.7. The topological polar surface area (TPSA) is 99.0 Å². The van der Waals surface area contributed by atoms with Gasteiger partial charge >= 0.3 is 5.97 Å². The van der Waals surface area contributed by atoms with Gasteiger partial charge in [0, 0.05) is 22.3 Å². The minimum atomic E-state index is -0.638. The Morgan fingerprint density at radius 1 is 1.17 bits per heavy atom. The van der Waals surface area contributed by atoms with Crippen LogP contribution in [-0.4, -0.2) is 33.9 Å². The van der Waals surface area contributed by atoms with Crippen LogP contribution in [0.4, 0.5) is 0 Å². The summed E-state index contributed by atoms with van der Waals surface area (Å²) in [6, 6.07) is 11.3. The van der Waals surface area contributed by atoms with Gasteiger partial charge in [-0.25, -0.2) is 4.98 Å². The summed E-state index contributed by atoms with van der Waals surface area (Å²) in [5.74, 6) is -0.385. The molecule has 3 aromatic rings. The van der Waals surface area contributed by atoms with E-state index >= 15 is 0 Å². The van der Waals surface area contributed by atoms with Gasteiger partial charge in [-0.2, -0.15) is 0 Å². The zero-order valence-corrected chi connectivity index (χ0v) is 18.0. The van der Waals surface area contributed by atoms with E-state index < -0.39 is 11.9 Å². The molecule has 0 saturated carbocycles. The first kappa shape index (κ1) is 21.5. The molecule has 9 heteroatoms. The summed E-state index contributed by atoms with van der Waals surface area (Å²) < 4.78 is 12.8. The maximum Gasteiger partial charge on any atom is 0.325 e. The molecule has 8 nitrogen and oxygen atoms in total. The molecule has 1 N–H and O–H groups in total. The van der Waals surface area contributed by atoms with Gasteiger partial charge in [-0.05, 0) is 66.2 Å². The van der Waals surface area contributed by atoms with Gasteiger partial charge in [0.1, 0.15) is 24.5 Å². The van der Waals surface area contributed by atoms with E-state index in [4.69, 9.17) is 9.47 Å². The number of pyridine rings is 1. The molecule has 3 rings (SSSR count). The number of carbonyl (C=O) groups is 2. The second kappa shape index (κ2) is 9.53. The Morgan fingerprint density at radius 3 is 2.60 bits per heavy atom. The van der Waals surface area contributed by atoms with Crippen LogP contribution in [0.1, 0.15) is 29.9 Å². The number of hydrogen-bond donors (Lipinski definition) is 1. The van der Waals surface area contributed by atoms with Crippen molar-refractivity contribution >= 4 is 33.5 Å². The molecule has 0 saturated heterocycles. The normalized spacial score (nSPS) is 10.8. The quantitative estimate of drug-likeness (QED) is 0.529. The van der Waals surface area contributed by atoms with Crippen LogP contribution < -0.4 is 15.6 Å². The van der Waals surface area contributed by atoms with Crippen LogP contribution in [0.2, 0.25) is 0 Å². The van der Waals surface area contributed by atoms with E-state index in [1.165, 1.54) is 10.5 Å². The zero-order valence-electron chi connectivity index (χ0n) is 16.4. The minimum absolute atomic E-state index is 0.0368. The number of halogens is 1. The molecule has 0 aliphatic carbocycles. The van der Waals surface area contributed by atoms with Gasteiger partial charge in [0.25, 0.3) is 11.5 Å². The Kier molecular flexibility index (Phi) is 6.83. The average molecular weight is 474 g/mol. The molecule has 0 fully saturated rings. The number of ether oxygens (including phenoxy) is 2. The fraction of sp³-hybridized carbons (Fsp3) is 0.238. The first-order chi connectivity index (χ1) is 14.3. The second-order valence-electron chi connectivity index (χ2n) is 6.70. The molecule has 2 heterocycles. The largest absolute Gasteiger partial charge is 0.491 e. The number of benzene rings is 1. The highest BCUT2D eigenvalue weighted by molar-refractivity contribution is 9.10. The van der Waals surface area contributed by atoms with Crippen LogP contribution in [0, 0.1) is 0 Å². The van der Waals surface area contributed by atoms with Gasteiger partial charge in [0.15, 0.2) is 0 Å². The Hall–Kier alpha value is -3.20. The molecule has 0 aliphatic rings. The van der Waals surface area contributed by atoms with E-state index in [-0.39, 0.29) is 24.8 Å². The average Bonchev–Trinajstić information content (AvgIpc) is 2.71. The highest BCUT2D eigenvalue weighted by Gasteiger charge is 2.11. The van der Waals surface area contributed by atoms with Crippen molar-refractivity contribution in [3.63, 3.8) is 0 Å². The van der Waals surface area contributed by atoms with Gasteiger partial charge in [-0.15, -0.1) is 0 Å². The predicted molar refractivity (Wildman–Crippen MR) is 113 cm³/mol. The summed E-state index contributed by atoms with van der Waals surface area (Å²) in [6.45, 7) is 3.35. The summed E-state index contributed by atoms with van der Waals surface area (Å²) in [7, 11) is 0. The van der Waals surface area contributed by atoms with E-state index in [1.807, 2.05) is 13.8 Å². The van der Waals surface area contributed by atoms with Crippen LogP contribution in [0.3, 0.4) is 0 Å². The summed E-state index contributed by atoms with van der Waals surface area (Å²) >= 11 is 3.30. The lowest BCUT2D eigenvalue weighted by Gasteiger charge is -2.10. The molecule has 0 atom stereocenters. The van der Waals surface area contributed by atoms with Crippen molar-refractivity contribution in [3.8, 4) is 5.75 Å². The van der Waals surface area contributed by atoms with E-state index in [1.54, 1.807) is 42.6 Å². The standard InChI is InChI=1S/C21H20BrN3O5/c1-13(2)30-17-6-3-14(4-7-17)21(28)23-10-20(27)29-12-16-9-19(26)25-11-15(22)5-8-18(25)24-16/h3-9,11,13H,10,12H2,1-2H3,(H,23,28). The van der Waals surface area contributed by atoms with E-state index in [2.05, 4.69) is 26.2 Å². The molecule has 0 spiro atoms. The lowest BCUT2D eigenvalue weighted by atomic mass is 10.2. The Balaban J connectivity index is 1.52. The molecule has 0 radical (unpaired) electrons. The summed E-state index contributed by atoms with van der Waals surface area (Å²) in [5.41, 5.74) is 0.873. The maximum absolute atomic E-state index is 12.2. The molecular formula is C21H20BrN3O5. The molecule has 156 valence electrons. The number of carbonyl (C=O) groups excluding carboxylic acids is 2. The van der Waals surface area contributed by atoms with Crippen LogP contribution in [0.5, 0.6) is 5.75 Å². The van der Waals surface area contributed by atoms with E-state index in [0.717, 1.165) is 4.47 Å².